The first-order chi connectivity index (χ1) is 11.9. The second-order valence-electron chi connectivity index (χ2n) is 5.54. The highest BCUT2D eigenvalue weighted by Gasteiger charge is 2.21. The van der Waals surface area contributed by atoms with Gasteiger partial charge in [0.25, 0.3) is 5.91 Å². The number of hydrogen-bond acceptors (Lipinski definition) is 3. The summed E-state index contributed by atoms with van der Waals surface area (Å²) >= 11 is 12.2. The molecule has 128 valence electrons. The van der Waals surface area contributed by atoms with Crippen molar-refractivity contribution in [1.29, 1.82) is 0 Å². The second kappa shape index (κ2) is 6.90. The predicted octanol–water partition coefficient (Wildman–Crippen LogP) is 5.76. The molecule has 0 aliphatic carbocycles. The van der Waals surface area contributed by atoms with Crippen LogP contribution in [0.25, 0.3) is 11.0 Å². The van der Waals surface area contributed by atoms with E-state index in [4.69, 9.17) is 27.6 Å². The molecule has 0 fully saturated rings. The van der Waals surface area contributed by atoms with Crippen LogP contribution in [0.4, 0.5) is 5.69 Å². The summed E-state index contributed by atoms with van der Waals surface area (Å²) in [5.74, 6) is 0.0788. The Morgan fingerprint density at radius 3 is 2.28 bits per heavy atom. The van der Waals surface area contributed by atoms with Gasteiger partial charge in [0.2, 0.25) is 0 Å². The number of para-hydroxylation sites is 1. The third-order valence-corrected chi connectivity index (χ3v) is 4.53. The summed E-state index contributed by atoms with van der Waals surface area (Å²) < 4.78 is 5.84. The van der Waals surface area contributed by atoms with Crippen LogP contribution in [0.2, 0.25) is 10.0 Å². The number of furan rings is 1. The minimum Gasteiger partial charge on any atom is -0.458 e. The fraction of sp³-hybridized carbons (Fsp3) is 0.158. The molecule has 3 aromatic rings. The Bertz CT molecular complexity index is 971. The van der Waals surface area contributed by atoms with E-state index in [1.54, 1.807) is 36.4 Å². The van der Waals surface area contributed by atoms with Crippen LogP contribution in [-0.2, 0) is 6.42 Å². The lowest BCUT2D eigenvalue weighted by atomic mass is 10.1. The number of benzene rings is 2. The smallest absolute Gasteiger partial charge is 0.258 e. The van der Waals surface area contributed by atoms with Crippen LogP contribution in [0.15, 0.2) is 40.8 Å². The maximum Gasteiger partial charge on any atom is 0.258 e. The van der Waals surface area contributed by atoms with E-state index in [1.165, 1.54) is 6.92 Å². The van der Waals surface area contributed by atoms with Crippen LogP contribution in [0, 0.1) is 0 Å². The summed E-state index contributed by atoms with van der Waals surface area (Å²) in [4.78, 5) is 24.6. The van der Waals surface area contributed by atoms with Gasteiger partial charge in [0, 0.05) is 11.8 Å². The number of rotatable bonds is 4. The normalized spacial score (nSPS) is 10.9. The SMILES string of the molecule is CCc1oc2c(NC(=O)c3c(Cl)cccc3Cl)cccc2c1C(C)=O. The molecule has 1 heterocycles. The van der Waals surface area contributed by atoms with Crippen LogP contribution in [0.1, 0.15) is 40.3 Å². The number of Topliss-reactive ketones (excluding diaryl/α,β-unsaturated/α-hetero) is 1. The van der Waals surface area contributed by atoms with E-state index in [2.05, 4.69) is 5.32 Å². The topological polar surface area (TPSA) is 59.3 Å². The first kappa shape index (κ1) is 17.5. The second-order valence-corrected chi connectivity index (χ2v) is 6.36. The maximum absolute atomic E-state index is 12.6. The van der Waals surface area contributed by atoms with Gasteiger partial charge in [-0.1, -0.05) is 48.3 Å². The molecule has 0 bridgehead atoms. The Labute approximate surface area is 154 Å². The van der Waals surface area contributed by atoms with E-state index in [0.29, 0.717) is 34.4 Å². The molecule has 0 saturated carbocycles. The van der Waals surface area contributed by atoms with Crippen molar-refractivity contribution in [2.75, 3.05) is 5.32 Å². The van der Waals surface area contributed by atoms with Crippen LogP contribution >= 0.6 is 23.2 Å². The van der Waals surface area contributed by atoms with Crippen LogP contribution in [-0.4, -0.2) is 11.7 Å². The number of anilines is 1. The van der Waals surface area contributed by atoms with Gasteiger partial charge in [-0.2, -0.15) is 0 Å². The average Bonchev–Trinajstić information content (AvgIpc) is 2.94. The lowest BCUT2D eigenvalue weighted by molar-refractivity contribution is 0.101. The number of halogens is 2. The molecule has 0 radical (unpaired) electrons. The molecule has 3 rings (SSSR count). The van der Waals surface area contributed by atoms with Gasteiger partial charge in [-0.05, 0) is 25.1 Å². The van der Waals surface area contributed by atoms with E-state index in [0.717, 1.165) is 0 Å². The van der Waals surface area contributed by atoms with Crippen molar-refractivity contribution in [2.45, 2.75) is 20.3 Å². The zero-order chi connectivity index (χ0) is 18.1. The van der Waals surface area contributed by atoms with Gasteiger partial charge in [0.05, 0.1) is 26.9 Å². The Morgan fingerprint density at radius 1 is 1.04 bits per heavy atom. The quantitative estimate of drug-likeness (QED) is 0.589. The fourth-order valence-electron chi connectivity index (χ4n) is 2.80. The molecule has 25 heavy (non-hydrogen) atoms. The molecule has 1 amide bonds. The number of nitrogens with one attached hydrogen (secondary N) is 1. The number of fused-ring (bicyclic) bond motifs is 1. The van der Waals surface area contributed by atoms with E-state index in [1.807, 2.05) is 6.92 Å². The van der Waals surface area contributed by atoms with Crippen molar-refractivity contribution in [3.63, 3.8) is 0 Å². The minimum absolute atomic E-state index is 0.0757. The Balaban J connectivity index is 2.08. The standard InChI is InChI=1S/C19H15Cl2NO3/c1-3-15-16(10(2)23)11-6-4-9-14(18(11)25-15)22-19(24)17-12(20)7-5-8-13(17)21/h4-9H,3H2,1-2H3,(H,22,24). The molecule has 1 N–H and O–H groups in total. The van der Waals surface area contributed by atoms with Crippen molar-refractivity contribution in [2.24, 2.45) is 0 Å². The monoisotopic (exact) mass is 375 g/mol. The van der Waals surface area contributed by atoms with E-state index in [-0.39, 0.29) is 21.4 Å². The van der Waals surface area contributed by atoms with Crippen molar-refractivity contribution in [1.82, 2.24) is 0 Å². The summed E-state index contributed by atoms with van der Waals surface area (Å²) in [5.41, 5.74) is 1.66. The number of hydrogen-bond donors (Lipinski definition) is 1. The molecule has 0 atom stereocenters. The molecule has 0 aliphatic rings. The van der Waals surface area contributed by atoms with Crippen LogP contribution < -0.4 is 5.32 Å². The highest BCUT2D eigenvalue weighted by Crippen LogP contribution is 2.33. The third-order valence-electron chi connectivity index (χ3n) is 3.90. The van der Waals surface area contributed by atoms with E-state index < -0.39 is 5.91 Å². The third kappa shape index (κ3) is 3.15. The largest absolute Gasteiger partial charge is 0.458 e. The lowest BCUT2D eigenvalue weighted by Gasteiger charge is -2.08. The lowest BCUT2D eigenvalue weighted by Crippen LogP contribution is -2.13. The summed E-state index contributed by atoms with van der Waals surface area (Å²) in [6, 6.07) is 10.1. The van der Waals surface area contributed by atoms with Gasteiger partial charge in [0.1, 0.15) is 5.76 Å². The highest BCUT2D eigenvalue weighted by molar-refractivity contribution is 6.40. The summed E-state index contributed by atoms with van der Waals surface area (Å²) in [7, 11) is 0. The Kier molecular flexibility index (Phi) is 4.84. The van der Waals surface area contributed by atoms with Gasteiger partial charge in [-0.3, -0.25) is 9.59 Å². The molecule has 4 nitrogen and oxygen atoms in total. The van der Waals surface area contributed by atoms with Crippen molar-refractivity contribution >= 4 is 51.5 Å². The average molecular weight is 376 g/mol. The number of aryl methyl sites for hydroxylation is 1. The zero-order valence-corrected chi connectivity index (χ0v) is 15.2. The Morgan fingerprint density at radius 2 is 1.68 bits per heavy atom. The van der Waals surface area contributed by atoms with Crippen molar-refractivity contribution in [3.8, 4) is 0 Å². The number of ketones is 1. The fourth-order valence-corrected chi connectivity index (χ4v) is 3.37. The molecule has 0 aliphatic heterocycles. The van der Waals surface area contributed by atoms with Crippen molar-refractivity contribution < 1.29 is 14.0 Å². The van der Waals surface area contributed by atoms with Gasteiger partial charge in [-0.25, -0.2) is 0 Å². The molecule has 0 unspecified atom stereocenters. The van der Waals surface area contributed by atoms with Gasteiger partial charge < -0.3 is 9.73 Å². The molecule has 0 spiro atoms. The summed E-state index contributed by atoms with van der Waals surface area (Å²) in [6.45, 7) is 3.41. The summed E-state index contributed by atoms with van der Waals surface area (Å²) in [5, 5.41) is 3.97. The van der Waals surface area contributed by atoms with Gasteiger partial charge >= 0.3 is 0 Å². The highest BCUT2D eigenvalue weighted by atomic mass is 35.5. The van der Waals surface area contributed by atoms with Gasteiger partial charge in [-0.15, -0.1) is 0 Å². The van der Waals surface area contributed by atoms with Crippen LogP contribution in [0.5, 0.6) is 0 Å². The Hall–Kier alpha value is -2.30. The molecule has 0 saturated heterocycles. The van der Waals surface area contributed by atoms with Crippen molar-refractivity contribution in [3.05, 3.63) is 63.3 Å². The first-order valence-electron chi connectivity index (χ1n) is 7.74. The molecular weight excluding hydrogens is 361 g/mol. The maximum atomic E-state index is 12.6. The molecule has 2 aromatic carbocycles. The molecular formula is C19H15Cl2NO3. The van der Waals surface area contributed by atoms with E-state index in [9.17, 15) is 9.59 Å². The molecule has 6 heteroatoms. The van der Waals surface area contributed by atoms with E-state index >= 15 is 0 Å². The summed E-state index contributed by atoms with van der Waals surface area (Å²) in [6.07, 6.45) is 0.577. The number of carbonyl (C=O) groups excluding carboxylic acids is 2. The zero-order valence-electron chi connectivity index (χ0n) is 13.7. The van der Waals surface area contributed by atoms with Gasteiger partial charge in [0.15, 0.2) is 11.4 Å². The minimum atomic E-state index is -0.443. The van der Waals surface area contributed by atoms with Crippen LogP contribution in [0.3, 0.4) is 0 Å². The number of carbonyl (C=O) groups is 2. The first-order valence-corrected chi connectivity index (χ1v) is 8.50. The molecule has 1 aromatic heterocycles. The predicted molar refractivity (Wildman–Crippen MR) is 100 cm³/mol. The number of amides is 1.